The number of piperazine rings is 1. The van der Waals surface area contributed by atoms with Crippen LogP contribution >= 0.6 is 0 Å². The van der Waals surface area contributed by atoms with Crippen molar-refractivity contribution in [2.24, 2.45) is 0 Å². The summed E-state index contributed by atoms with van der Waals surface area (Å²) < 4.78 is 21.9. The maximum atomic E-state index is 14.0. The minimum Gasteiger partial charge on any atom is -0.483 e. The summed E-state index contributed by atoms with van der Waals surface area (Å²) >= 11 is 0. The first-order valence-electron chi connectivity index (χ1n) is 20.4. The van der Waals surface area contributed by atoms with Gasteiger partial charge in [0.15, 0.2) is 6.61 Å². The van der Waals surface area contributed by atoms with E-state index >= 15 is 0 Å². The Hall–Kier alpha value is -4.99. The molecule has 16 nitrogen and oxygen atoms in total. The van der Waals surface area contributed by atoms with Gasteiger partial charge in [0.25, 0.3) is 11.8 Å². The molecular formula is C41H58N6O10. The second kappa shape index (κ2) is 21.0. The Morgan fingerprint density at radius 2 is 1.67 bits per heavy atom. The van der Waals surface area contributed by atoms with Crippen molar-refractivity contribution in [3.8, 4) is 5.75 Å². The lowest BCUT2D eigenvalue weighted by atomic mass is 9.91. The molecule has 1 aliphatic carbocycles. The third kappa shape index (κ3) is 11.5. The second-order valence-corrected chi connectivity index (χ2v) is 14.9. The number of likely N-dealkylation sites (tertiary alicyclic amines) is 1. The molecule has 16 heteroatoms. The lowest BCUT2D eigenvalue weighted by molar-refractivity contribution is -0.146. The van der Waals surface area contributed by atoms with Gasteiger partial charge < -0.3 is 43.9 Å². The van der Waals surface area contributed by atoms with E-state index in [0.717, 1.165) is 37.7 Å². The Balaban J connectivity index is 1.29. The number of esters is 1. The number of ether oxygens (including phenoxy) is 4. The van der Waals surface area contributed by atoms with Gasteiger partial charge in [-0.3, -0.25) is 24.0 Å². The largest absolute Gasteiger partial charge is 0.483 e. The first-order valence-corrected chi connectivity index (χ1v) is 20.4. The summed E-state index contributed by atoms with van der Waals surface area (Å²) in [5.41, 5.74) is 1.28. The Kier molecular flexibility index (Phi) is 15.9. The van der Waals surface area contributed by atoms with E-state index < -0.39 is 36.0 Å². The van der Waals surface area contributed by atoms with Crippen molar-refractivity contribution in [1.82, 2.24) is 29.9 Å². The van der Waals surface area contributed by atoms with Gasteiger partial charge in [-0.15, -0.1) is 0 Å². The average molecular weight is 795 g/mol. The highest BCUT2D eigenvalue weighted by atomic mass is 16.6. The van der Waals surface area contributed by atoms with Crippen molar-refractivity contribution < 1.29 is 47.7 Å². The lowest BCUT2D eigenvalue weighted by Crippen LogP contribution is -2.56. The predicted octanol–water partition coefficient (Wildman–Crippen LogP) is 3.46. The van der Waals surface area contributed by atoms with Crippen molar-refractivity contribution in [2.45, 2.75) is 96.7 Å². The molecule has 2 saturated heterocycles. The van der Waals surface area contributed by atoms with Crippen LogP contribution in [-0.4, -0.2) is 151 Å². The highest BCUT2D eigenvalue weighted by Crippen LogP contribution is 2.29. The second-order valence-electron chi connectivity index (χ2n) is 14.9. The Bertz CT molecular complexity index is 1740. The van der Waals surface area contributed by atoms with Gasteiger partial charge in [0.1, 0.15) is 30.1 Å². The SMILES string of the molecule is CCCCOC(=O)N1CCN(C(=O)C(CCC(=O)OCCOCC)NC(=O)c2cc(OCC(=O)N3CCCC3C(=O)N(C)C3CCC3)c3ccc(C)cc3n2)CC1. The van der Waals surface area contributed by atoms with Gasteiger partial charge in [0.2, 0.25) is 11.8 Å². The number of aromatic nitrogens is 1. The first-order chi connectivity index (χ1) is 27.5. The fraction of sp³-hybridized carbons (Fsp3) is 0.634. The summed E-state index contributed by atoms with van der Waals surface area (Å²) in [4.78, 5) is 91.0. The molecular weight excluding hydrogens is 736 g/mol. The molecule has 0 spiro atoms. The third-order valence-electron chi connectivity index (χ3n) is 10.8. The molecule has 5 amide bonds. The molecule has 57 heavy (non-hydrogen) atoms. The fourth-order valence-electron chi connectivity index (χ4n) is 7.18. The Morgan fingerprint density at radius 1 is 0.912 bits per heavy atom. The van der Waals surface area contributed by atoms with Gasteiger partial charge in [-0.05, 0) is 76.5 Å². The summed E-state index contributed by atoms with van der Waals surface area (Å²) in [6, 6.07) is 5.46. The van der Waals surface area contributed by atoms with E-state index in [0.29, 0.717) is 43.5 Å². The fourth-order valence-corrected chi connectivity index (χ4v) is 7.18. The number of hydrogen-bond acceptors (Lipinski definition) is 11. The number of carbonyl (C=O) groups is 6. The molecule has 1 N–H and O–H groups in total. The molecule has 2 aromatic rings. The van der Waals surface area contributed by atoms with Crippen LogP contribution in [0, 0.1) is 6.92 Å². The summed E-state index contributed by atoms with van der Waals surface area (Å²) in [6.45, 7) is 7.87. The zero-order valence-corrected chi connectivity index (χ0v) is 33.8. The van der Waals surface area contributed by atoms with Crippen LogP contribution in [0.5, 0.6) is 5.75 Å². The summed E-state index contributed by atoms with van der Waals surface area (Å²) in [5, 5.41) is 3.37. The van der Waals surface area contributed by atoms with Crippen LogP contribution in [0.1, 0.15) is 87.7 Å². The minimum absolute atomic E-state index is 0.0481. The molecule has 3 fully saturated rings. The molecule has 3 aliphatic rings. The standard InChI is InChI=1S/C41H58N6O10/c1-5-7-22-56-41(53)46-20-18-45(19-21-46)39(51)31(15-16-37(49)55-24-23-54-6-2)43-38(50)33-26-35(30-14-13-28(3)25-32(30)42-33)57-27-36(48)47-17-9-12-34(47)40(52)44(4)29-10-8-11-29/h13-14,25-26,29,31,34H,5-12,15-24,27H2,1-4H3,(H,43,50). The van der Waals surface area contributed by atoms with Gasteiger partial charge in [-0.25, -0.2) is 9.78 Å². The van der Waals surface area contributed by atoms with Crippen molar-refractivity contribution in [3.63, 3.8) is 0 Å². The smallest absolute Gasteiger partial charge is 0.409 e. The van der Waals surface area contributed by atoms with Gasteiger partial charge in [-0.1, -0.05) is 19.4 Å². The summed E-state index contributed by atoms with van der Waals surface area (Å²) in [6.07, 6.45) is 5.38. The zero-order valence-electron chi connectivity index (χ0n) is 33.8. The van der Waals surface area contributed by atoms with Crippen LogP contribution < -0.4 is 10.1 Å². The van der Waals surface area contributed by atoms with Gasteiger partial charge in [0, 0.05) is 70.3 Å². The van der Waals surface area contributed by atoms with Crippen molar-refractivity contribution in [3.05, 3.63) is 35.5 Å². The molecule has 2 atom stereocenters. The number of rotatable bonds is 18. The number of nitrogens with one attached hydrogen (secondary N) is 1. The molecule has 0 bridgehead atoms. The molecule has 312 valence electrons. The monoisotopic (exact) mass is 794 g/mol. The van der Waals surface area contributed by atoms with Crippen molar-refractivity contribution in [2.75, 3.05) is 72.8 Å². The molecule has 1 aromatic carbocycles. The van der Waals surface area contributed by atoms with E-state index in [4.69, 9.17) is 18.9 Å². The van der Waals surface area contributed by atoms with Crippen molar-refractivity contribution >= 4 is 46.6 Å². The number of amides is 5. The molecule has 2 unspecified atom stereocenters. The zero-order chi connectivity index (χ0) is 40.9. The van der Waals surface area contributed by atoms with Crippen molar-refractivity contribution in [1.29, 1.82) is 0 Å². The molecule has 0 radical (unpaired) electrons. The van der Waals surface area contributed by atoms with Crippen LogP contribution in [0.4, 0.5) is 4.79 Å². The Morgan fingerprint density at radius 3 is 2.37 bits per heavy atom. The van der Waals surface area contributed by atoms with E-state index in [2.05, 4.69) is 10.3 Å². The van der Waals surface area contributed by atoms with Crippen LogP contribution in [0.2, 0.25) is 0 Å². The maximum Gasteiger partial charge on any atom is 0.409 e. The molecule has 5 rings (SSSR count). The quantitative estimate of drug-likeness (QED) is 0.173. The molecule has 1 aromatic heterocycles. The number of benzene rings is 1. The predicted molar refractivity (Wildman–Crippen MR) is 209 cm³/mol. The maximum absolute atomic E-state index is 14.0. The summed E-state index contributed by atoms with van der Waals surface area (Å²) in [7, 11) is 1.81. The van der Waals surface area contributed by atoms with E-state index in [1.807, 2.05) is 33.9 Å². The number of fused-ring (bicyclic) bond motifs is 1. The van der Waals surface area contributed by atoms with E-state index in [1.54, 1.807) is 31.7 Å². The van der Waals surface area contributed by atoms with Crippen LogP contribution in [-0.2, 0) is 33.4 Å². The number of pyridine rings is 1. The molecule has 2 aliphatic heterocycles. The highest BCUT2D eigenvalue weighted by molar-refractivity contribution is 5.99. The van der Waals surface area contributed by atoms with Gasteiger partial charge in [0.05, 0.1) is 18.7 Å². The average Bonchev–Trinajstić information content (AvgIpc) is 3.69. The normalized spacial score (nSPS) is 17.5. The van der Waals surface area contributed by atoms with Crippen LogP contribution in [0.15, 0.2) is 24.3 Å². The van der Waals surface area contributed by atoms with E-state index in [-0.39, 0.29) is 88.1 Å². The van der Waals surface area contributed by atoms with Gasteiger partial charge in [-0.2, -0.15) is 0 Å². The number of nitrogens with zero attached hydrogens (tertiary/aromatic N) is 5. The summed E-state index contributed by atoms with van der Waals surface area (Å²) in [5.74, 6) is -1.78. The first kappa shape index (κ1) is 43.1. The molecule has 3 heterocycles. The number of likely N-dealkylation sites (N-methyl/N-ethyl adjacent to an activating group) is 1. The molecule has 1 saturated carbocycles. The number of carbonyl (C=O) groups excluding carboxylic acids is 6. The number of hydrogen-bond donors (Lipinski definition) is 1. The van der Waals surface area contributed by atoms with Gasteiger partial charge >= 0.3 is 12.1 Å². The topological polar surface area (TPSA) is 177 Å². The van der Waals surface area contributed by atoms with Crippen LogP contribution in [0.3, 0.4) is 0 Å². The number of aryl methyl sites for hydroxylation is 1. The Labute approximate surface area is 334 Å². The van der Waals surface area contributed by atoms with E-state index in [1.165, 1.54) is 6.07 Å². The van der Waals surface area contributed by atoms with E-state index in [9.17, 15) is 28.8 Å². The minimum atomic E-state index is -1.12. The number of unbranched alkanes of at least 4 members (excludes halogenated alkanes) is 1. The highest BCUT2D eigenvalue weighted by Gasteiger charge is 2.38. The lowest BCUT2D eigenvalue weighted by Gasteiger charge is -2.37. The third-order valence-corrected chi connectivity index (χ3v) is 10.8. The van der Waals surface area contributed by atoms with Crippen LogP contribution in [0.25, 0.3) is 10.9 Å².